The molecule has 1 amide bonds. The van der Waals surface area contributed by atoms with Crippen LogP contribution in [0.15, 0.2) is 18.2 Å². The van der Waals surface area contributed by atoms with Gasteiger partial charge >= 0.3 is 5.97 Å². The lowest BCUT2D eigenvalue weighted by molar-refractivity contribution is -0.115. The largest absolute Gasteiger partial charge is 0.497 e. The van der Waals surface area contributed by atoms with Gasteiger partial charge in [-0.1, -0.05) is 0 Å². The molecule has 1 aromatic carbocycles. The number of benzene rings is 1. The molecule has 102 valence electrons. The van der Waals surface area contributed by atoms with Gasteiger partial charge in [-0.2, -0.15) is 0 Å². The highest BCUT2D eigenvalue weighted by atomic mass is 16.5. The zero-order valence-electron chi connectivity index (χ0n) is 10.6. The van der Waals surface area contributed by atoms with E-state index in [-0.39, 0.29) is 23.7 Å². The number of carboxylic acids is 1. The van der Waals surface area contributed by atoms with Gasteiger partial charge in [0.2, 0.25) is 5.91 Å². The van der Waals surface area contributed by atoms with E-state index < -0.39 is 5.97 Å². The number of nitrogens with one attached hydrogen (secondary N) is 2. The molecule has 0 bridgehead atoms. The first-order valence-electron chi connectivity index (χ1n) is 6.04. The van der Waals surface area contributed by atoms with Gasteiger partial charge in [-0.25, -0.2) is 4.79 Å². The standard InChI is InChI=1S/C13H16N2O4/c1-19-9-4-5-11(10(6-9)13(17)18)15-12(16)7-14-8-2-3-8/h4-6,8,14H,2-3,7H2,1H3,(H,15,16)(H,17,18). The summed E-state index contributed by atoms with van der Waals surface area (Å²) in [5.41, 5.74) is 0.287. The number of carboxylic acid groups (broad SMARTS) is 1. The van der Waals surface area contributed by atoms with Crippen molar-refractivity contribution in [1.82, 2.24) is 5.32 Å². The third-order valence-corrected chi connectivity index (χ3v) is 2.86. The number of hydrogen-bond donors (Lipinski definition) is 3. The van der Waals surface area contributed by atoms with Crippen LogP contribution in [0.3, 0.4) is 0 Å². The van der Waals surface area contributed by atoms with Crippen molar-refractivity contribution in [2.45, 2.75) is 18.9 Å². The Kier molecular flexibility index (Phi) is 4.01. The maximum Gasteiger partial charge on any atom is 0.337 e. The number of methoxy groups -OCH3 is 1. The molecule has 6 nitrogen and oxygen atoms in total. The van der Waals surface area contributed by atoms with Crippen LogP contribution in [0.25, 0.3) is 0 Å². The highest BCUT2D eigenvalue weighted by Gasteiger charge is 2.21. The zero-order valence-corrected chi connectivity index (χ0v) is 10.6. The molecule has 0 aromatic heterocycles. The molecular weight excluding hydrogens is 248 g/mol. The summed E-state index contributed by atoms with van der Waals surface area (Å²) in [7, 11) is 1.46. The van der Waals surface area contributed by atoms with Gasteiger partial charge in [0.25, 0.3) is 0 Å². The second kappa shape index (κ2) is 5.71. The highest BCUT2D eigenvalue weighted by molar-refractivity contribution is 6.01. The van der Waals surface area contributed by atoms with Crippen molar-refractivity contribution < 1.29 is 19.4 Å². The van der Waals surface area contributed by atoms with Crippen LogP contribution >= 0.6 is 0 Å². The third-order valence-electron chi connectivity index (χ3n) is 2.86. The number of carbonyl (C=O) groups is 2. The maximum atomic E-state index is 11.7. The summed E-state index contributed by atoms with van der Waals surface area (Å²) in [5.74, 6) is -0.921. The molecule has 0 spiro atoms. The minimum atomic E-state index is -1.11. The predicted molar refractivity (Wildman–Crippen MR) is 69.6 cm³/mol. The van der Waals surface area contributed by atoms with Crippen molar-refractivity contribution in [3.05, 3.63) is 23.8 Å². The lowest BCUT2D eigenvalue weighted by Gasteiger charge is -2.10. The molecule has 1 aliphatic carbocycles. The second-order valence-electron chi connectivity index (χ2n) is 4.42. The first-order chi connectivity index (χ1) is 9.10. The van der Waals surface area contributed by atoms with Crippen molar-refractivity contribution in [3.63, 3.8) is 0 Å². The van der Waals surface area contributed by atoms with E-state index in [1.807, 2.05) is 0 Å². The molecule has 0 saturated heterocycles. The molecule has 6 heteroatoms. The number of ether oxygens (including phenoxy) is 1. The van der Waals surface area contributed by atoms with Gasteiger partial charge < -0.3 is 20.5 Å². The van der Waals surface area contributed by atoms with E-state index in [0.29, 0.717) is 11.8 Å². The minimum Gasteiger partial charge on any atom is -0.497 e. The number of anilines is 1. The molecular formula is C13H16N2O4. The lowest BCUT2D eigenvalue weighted by Crippen LogP contribution is -2.29. The average Bonchev–Trinajstić information content (AvgIpc) is 3.20. The van der Waals surface area contributed by atoms with Crippen molar-refractivity contribution in [2.75, 3.05) is 19.0 Å². The van der Waals surface area contributed by atoms with Crippen LogP contribution in [0.1, 0.15) is 23.2 Å². The van der Waals surface area contributed by atoms with E-state index in [2.05, 4.69) is 10.6 Å². The molecule has 0 aliphatic heterocycles. The van der Waals surface area contributed by atoms with Gasteiger partial charge in [0.05, 0.1) is 24.9 Å². The Morgan fingerprint density at radius 2 is 2.16 bits per heavy atom. The summed E-state index contributed by atoms with van der Waals surface area (Å²) >= 11 is 0. The SMILES string of the molecule is COc1ccc(NC(=O)CNC2CC2)c(C(=O)O)c1. The third kappa shape index (κ3) is 3.69. The molecule has 0 heterocycles. The fraction of sp³-hybridized carbons (Fsp3) is 0.385. The summed E-state index contributed by atoms with van der Waals surface area (Å²) in [6, 6.07) is 4.94. The Balaban J connectivity index is 2.04. The number of carbonyl (C=O) groups excluding carboxylic acids is 1. The molecule has 1 aromatic rings. The molecule has 3 N–H and O–H groups in total. The van der Waals surface area contributed by atoms with E-state index in [1.54, 1.807) is 6.07 Å². The number of amides is 1. The zero-order chi connectivity index (χ0) is 13.8. The van der Waals surface area contributed by atoms with Crippen molar-refractivity contribution >= 4 is 17.6 Å². The van der Waals surface area contributed by atoms with E-state index in [0.717, 1.165) is 12.8 Å². The summed E-state index contributed by atoms with van der Waals surface area (Å²) < 4.78 is 4.96. The molecule has 0 atom stereocenters. The molecule has 0 radical (unpaired) electrons. The van der Waals surface area contributed by atoms with E-state index >= 15 is 0 Å². The van der Waals surface area contributed by atoms with Crippen LogP contribution in [0.4, 0.5) is 5.69 Å². The first-order valence-corrected chi connectivity index (χ1v) is 6.04. The highest BCUT2D eigenvalue weighted by Crippen LogP contribution is 2.22. The Bertz CT molecular complexity index is 497. The summed E-state index contributed by atoms with van der Waals surface area (Å²) in [6.07, 6.45) is 2.19. The van der Waals surface area contributed by atoms with Crippen LogP contribution in [-0.2, 0) is 4.79 Å². The summed E-state index contributed by atoms with van der Waals surface area (Å²) in [4.78, 5) is 22.8. The molecule has 19 heavy (non-hydrogen) atoms. The monoisotopic (exact) mass is 264 g/mol. The maximum absolute atomic E-state index is 11.7. The van der Waals surface area contributed by atoms with Crippen molar-refractivity contribution in [1.29, 1.82) is 0 Å². The van der Waals surface area contributed by atoms with Gasteiger partial charge in [0.15, 0.2) is 0 Å². The Hall–Kier alpha value is -2.08. The first kappa shape index (κ1) is 13.4. The Morgan fingerprint density at radius 1 is 1.42 bits per heavy atom. The van der Waals surface area contributed by atoms with Crippen molar-refractivity contribution in [2.24, 2.45) is 0 Å². The molecule has 0 unspecified atom stereocenters. The molecule has 1 saturated carbocycles. The Labute approximate surface area is 110 Å². The van der Waals surface area contributed by atoms with Crippen LogP contribution < -0.4 is 15.4 Å². The predicted octanol–water partition coefficient (Wildman–Crippen LogP) is 1.08. The summed E-state index contributed by atoms with van der Waals surface area (Å²) in [5, 5.41) is 14.8. The number of rotatable bonds is 6. The van der Waals surface area contributed by atoms with Gasteiger partial charge in [-0.05, 0) is 31.0 Å². The number of hydrogen-bond acceptors (Lipinski definition) is 4. The topological polar surface area (TPSA) is 87.7 Å². The average molecular weight is 264 g/mol. The van der Waals surface area contributed by atoms with Crippen molar-refractivity contribution in [3.8, 4) is 5.75 Å². The van der Waals surface area contributed by atoms with Crippen LogP contribution in [-0.4, -0.2) is 36.7 Å². The van der Waals surface area contributed by atoms with Crippen LogP contribution in [0.2, 0.25) is 0 Å². The van der Waals surface area contributed by atoms with E-state index in [9.17, 15) is 9.59 Å². The molecule has 2 rings (SSSR count). The van der Waals surface area contributed by atoms with Gasteiger partial charge in [0.1, 0.15) is 5.75 Å². The normalized spacial score (nSPS) is 13.9. The van der Waals surface area contributed by atoms with Gasteiger partial charge in [0, 0.05) is 6.04 Å². The molecule has 1 aliphatic rings. The fourth-order valence-corrected chi connectivity index (χ4v) is 1.66. The van der Waals surface area contributed by atoms with E-state index in [4.69, 9.17) is 9.84 Å². The fourth-order valence-electron chi connectivity index (χ4n) is 1.66. The quantitative estimate of drug-likeness (QED) is 0.715. The summed E-state index contributed by atoms with van der Waals surface area (Å²) in [6.45, 7) is 0.190. The van der Waals surface area contributed by atoms with E-state index in [1.165, 1.54) is 19.2 Å². The van der Waals surface area contributed by atoms with Gasteiger partial charge in [-0.3, -0.25) is 4.79 Å². The van der Waals surface area contributed by atoms with Gasteiger partial charge in [-0.15, -0.1) is 0 Å². The smallest absolute Gasteiger partial charge is 0.337 e. The second-order valence-corrected chi connectivity index (χ2v) is 4.42. The lowest BCUT2D eigenvalue weighted by atomic mass is 10.1. The minimum absolute atomic E-state index is 0.0131. The van der Waals surface area contributed by atoms with Crippen LogP contribution in [0.5, 0.6) is 5.75 Å². The Morgan fingerprint density at radius 3 is 2.74 bits per heavy atom. The molecule has 1 fully saturated rings. The number of aromatic carboxylic acids is 1. The van der Waals surface area contributed by atoms with Crippen LogP contribution in [0, 0.1) is 0 Å².